The van der Waals surface area contributed by atoms with Crippen LogP contribution < -0.4 is 0 Å². The Kier molecular flexibility index (Phi) is 4.74. The molecule has 21 heavy (non-hydrogen) atoms. The van der Waals surface area contributed by atoms with Crippen LogP contribution in [0.25, 0.3) is 0 Å². The lowest BCUT2D eigenvalue weighted by Crippen LogP contribution is -2.06. The molecule has 0 saturated carbocycles. The summed E-state index contributed by atoms with van der Waals surface area (Å²) in [6, 6.07) is 10.3. The first-order chi connectivity index (χ1) is 9.99. The number of ketones is 1. The zero-order chi connectivity index (χ0) is 15.4. The molecule has 0 saturated heterocycles. The third kappa shape index (κ3) is 3.69. The molecule has 0 bridgehead atoms. The molecule has 4 heteroatoms. The molecular weight excluding hydrogens is 291 g/mol. The first-order valence-electron chi connectivity index (χ1n) is 6.27. The van der Waals surface area contributed by atoms with Crippen molar-refractivity contribution in [3.63, 3.8) is 0 Å². The van der Waals surface area contributed by atoms with Gasteiger partial charge in [-0.15, -0.1) is 0 Å². The smallest absolute Gasteiger partial charge is 0.197 e. The fourth-order valence-corrected chi connectivity index (χ4v) is 1.96. The highest BCUT2D eigenvalue weighted by Crippen LogP contribution is 2.20. The topological polar surface area (TPSA) is 37.3 Å². The molecule has 0 aliphatic carbocycles. The van der Waals surface area contributed by atoms with Crippen molar-refractivity contribution >= 4 is 17.4 Å². The number of hydrogen-bond acceptors (Lipinski definition) is 2. The molecule has 1 N–H and O–H groups in total. The lowest BCUT2D eigenvalue weighted by Gasteiger charge is -2.06. The van der Waals surface area contributed by atoms with E-state index in [1.165, 1.54) is 31.2 Å². The fourth-order valence-electron chi connectivity index (χ4n) is 1.79. The molecule has 0 aliphatic heterocycles. The Morgan fingerprint density at radius 1 is 1.24 bits per heavy atom. The minimum atomic E-state index is -0.822. The number of rotatable bonds is 2. The molecule has 0 spiro atoms. The molecule has 1 atom stereocenters. The van der Waals surface area contributed by atoms with Crippen LogP contribution in [0.15, 0.2) is 42.5 Å². The van der Waals surface area contributed by atoms with E-state index in [2.05, 4.69) is 11.8 Å². The second-order valence-corrected chi connectivity index (χ2v) is 4.88. The number of carbonyl (C=O) groups is 1. The third-order valence-electron chi connectivity index (χ3n) is 2.76. The van der Waals surface area contributed by atoms with Gasteiger partial charge in [0.2, 0.25) is 0 Å². The lowest BCUT2D eigenvalue weighted by atomic mass is 9.98. The number of benzene rings is 2. The van der Waals surface area contributed by atoms with Gasteiger partial charge in [0.1, 0.15) is 11.9 Å². The molecule has 0 radical (unpaired) electrons. The summed E-state index contributed by atoms with van der Waals surface area (Å²) in [5.74, 6) is 4.17. The largest absolute Gasteiger partial charge is 0.381 e. The summed E-state index contributed by atoms with van der Waals surface area (Å²) in [4.78, 5) is 12.5. The summed E-state index contributed by atoms with van der Waals surface area (Å²) in [5, 5.41) is 9.57. The van der Waals surface area contributed by atoms with Crippen molar-refractivity contribution in [3.8, 4) is 11.8 Å². The van der Waals surface area contributed by atoms with Crippen molar-refractivity contribution in [2.75, 3.05) is 0 Å². The van der Waals surface area contributed by atoms with Crippen LogP contribution in [0.4, 0.5) is 4.39 Å². The van der Waals surface area contributed by atoms with Gasteiger partial charge < -0.3 is 5.11 Å². The normalized spacial score (nSPS) is 11.4. The van der Waals surface area contributed by atoms with E-state index in [0.717, 1.165) is 0 Å². The fraction of sp³-hybridized carbons (Fsp3) is 0.118. The lowest BCUT2D eigenvalue weighted by molar-refractivity contribution is 0.103. The number of aliphatic hydroxyl groups is 1. The van der Waals surface area contributed by atoms with Gasteiger partial charge in [-0.25, -0.2) is 4.39 Å². The molecule has 0 heterocycles. The molecule has 0 amide bonds. The van der Waals surface area contributed by atoms with E-state index in [1.807, 2.05) is 0 Å². The molecule has 0 aromatic heterocycles. The van der Waals surface area contributed by atoms with Crippen LogP contribution in [0.1, 0.15) is 28.4 Å². The van der Waals surface area contributed by atoms with Crippen LogP contribution in [0.3, 0.4) is 0 Å². The Morgan fingerprint density at radius 3 is 2.62 bits per heavy atom. The number of hydrogen-bond donors (Lipinski definition) is 1. The molecule has 0 fully saturated rings. The monoisotopic (exact) mass is 302 g/mol. The molecule has 2 aromatic rings. The minimum Gasteiger partial charge on any atom is -0.381 e. The van der Waals surface area contributed by atoms with Gasteiger partial charge in [-0.3, -0.25) is 4.79 Å². The molecule has 2 aromatic carbocycles. The van der Waals surface area contributed by atoms with Crippen molar-refractivity contribution in [1.82, 2.24) is 0 Å². The van der Waals surface area contributed by atoms with Gasteiger partial charge in [0.05, 0.1) is 5.56 Å². The van der Waals surface area contributed by atoms with E-state index < -0.39 is 17.7 Å². The maximum atomic E-state index is 13.7. The van der Waals surface area contributed by atoms with Gasteiger partial charge in [-0.1, -0.05) is 35.6 Å². The van der Waals surface area contributed by atoms with Gasteiger partial charge in [-0.05, 0) is 37.3 Å². The first kappa shape index (κ1) is 15.2. The minimum absolute atomic E-state index is 0.0418. The SMILES string of the molecule is C[C@@H](O)C#Cc1ccc(Cl)cc1C(=O)c1ccccc1F. The molecule has 2 rings (SSSR count). The average molecular weight is 303 g/mol. The summed E-state index contributed by atoms with van der Waals surface area (Å²) in [7, 11) is 0. The zero-order valence-electron chi connectivity index (χ0n) is 11.2. The quantitative estimate of drug-likeness (QED) is 0.681. The Hall–Kier alpha value is -2.15. The van der Waals surface area contributed by atoms with Gasteiger partial charge in [0, 0.05) is 16.1 Å². The number of aliphatic hydroxyl groups excluding tert-OH is 1. The van der Waals surface area contributed by atoms with E-state index in [1.54, 1.807) is 18.2 Å². The number of halogens is 2. The van der Waals surface area contributed by atoms with Crippen LogP contribution in [0.5, 0.6) is 0 Å². The molecular formula is C17H12ClFO2. The summed E-state index contributed by atoms with van der Waals surface area (Å²) >= 11 is 5.91. The van der Waals surface area contributed by atoms with Crippen molar-refractivity contribution in [1.29, 1.82) is 0 Å². The van der Waals surface area contributed by atoms with E-state index >= 15 is 0 Å². The summed E-state index contributed by atoms with van der Waals surface area (Å²) in [6.45, 7) is 1.52. The van der Waals surface area contributed by atoms with E-state index in [4.69, 9.17) is 11.6 Å². The van der Waals surface area contributed by atoms with E-state index in [-0.39, 0.29) is 11.1 Å². The van der Waals surface area contributed by atoms with Crippen molar-refractivity contribution < 1.29 is 14.3 Å². The Morgan fingerprint density at radius 2 is 1.95 bits per heavy atom. The summed E-state index contributed by atoms with van der Waals surface area (Å²) < 4.78 is 13.7. The standard InChI is InChI=1S/C17H12ClFO2/c1-11(20)6-7-12-8-9-13(18)10-15(12)17(21)14-4-2-3-5-16(14)19/h2-5,8-11,20H,1H3/t11-/m1/s1. The number of carbonyl (C=O) groups excluding carboxylic acids is 1. The van der Waals surface area contributed by atoms with Gasteiger partial charge in [0.25, 0.3) is 0 Å². The Bertz CT molecular complexity index is 742. The summed E-state index contributed by atoms with van der Waals surface area (Å²) in [6.07, 6.45) is -0.822. The summed E-state index contributed by atoms with van der Waals surface area (Å²) in [5.41, 5.74) is 0.564. The Labute approximate surface area is 127 Å². The highest BCUT2D eigenvalue weighted by molar-refractivity contribution is 6.31. The first-order valence-corrected chi connectivity index (χ1v) is 6.65. The van der Waals surface area contributed by atoms with Crippen LogP contribution >= 0.6 is 11.6 Å². The predicted molar refractivity (Wildman–Crippen MR) is 79.8 cm³/mol. The second kappa shape index (κ2) is 6.53. The van der Waals surface area contributed by atoms with E-state index in [9.17, 15) is 14.3 Å². The molecule has 106 valence electrons. The van der Waals surface area contributed by atoms with Gasteiger partial charge in [0.15, 0.2) is 5.78 Å². The predicted octanol–water partition coefficient (Wildman–Crippen LogP) is 3.44. The van der Waals surface area contributed by atoms with E-state index in [0.29, 0.717) is 10.6 Å². The maximum Gasteiger partial charge on any atom is 0.197 e. The second-order valence-electron chi connectivity index (χ2n) is 4.44. The molecule has 0 unspecified atom stereocenters. The highest BCUT2D eigenvalue weighted by Gasteiger charge is 2.16. The molecule has 0 aliphatic rings. The Balaban J connectivity index is 2.53. The average Bonchev–Trinajstić information content (AvgIpc) is 2.45. The van der Waals surface area contributed by atoms with Crippen LogP contribution in [0, 0.1) is 17.7 Å². The highest BCUT2D eigenvalue weighted by atomic mass is 35.5. The van der Waals surface area contributed by atoms with Gasteiger partial charge >= 0.3 is 0 Å². The van der Waals surface area contributed by atoms with Crippen molar-refractivity contribution in [2.24, 2.45) is 0 Å². The van der Waals surface area contributed by atoms with Crippen molar-refractivity contribution in [3.05, 3.63) is 70.0 Å². The van der Waals surface area contributed by atoms with Crippen LogP contribution in [0.2, 0.25) is 5.02 Å². The zero-order valence-corrected chi connectivity index (χ0v) is 12.0. The van der Waals surface area contributed by atoms with Crippen molar-refractivity contribution in [2.45, 2.75) is 13.0 Å². The van der Waals surface area contributed by atoms with Gasteiger partial charge in [-0.2, -0.15) is 0 Å². The molecule has 2 nitrogen and oxygen atoms in total. The van der Waals surface area contributed by atoms with Crippen LogP contribution in [-0.4, -0.2) is 17.0 Å². The third-order valence-corrected chi connectivity index (χ3v) is 3.00. The van der Waals surface area contributed by atoms with Crippen LogP contribution in [-0.2, 0) is 0 Å². The maximum absolute atomic E-state index is 13.7.